The second kappa shape index (κ2) is 6.88. The number of alkyl halides is 3. The predicted octanol–water partition coefficient (Wildman–Crippen LogP) is 2.21. The summed E-state index contributed by atoms with van der Waals surface area (Å²) in [6.45, 7) is -1.23. The second-order valence-corrected chi connectivity index (χ2v) is 5.50. The van der Waals surface area contributed by atoms with Crippen LogP contribution in [0.25, 0.3) is 0 Å². The zero-order valence-corrected chi connectivity index (χ0v) is 12.1. The number of nitrogens with one attached hydrogen (secondary N) is 2. The van der Waals surface area contributed by atoms with Crippen molar-refractivity contribution in [1.82, 2.24) is 15.1 Å². The molecule has 2 rings (SSSR count). The lowest BCUT2D eigenvalue weighted by atomic mass is 9.86. The first kappa shape index (κ1) is 17.1. The molecule has 128 valence electrons. The molecule has 0 atom stereocenters. The molecule has 10 heteroatoms. The first-order valence-electron chi connectivity index (χ1n) is 7.13. The van der Waals surface area contributed by atoms with Crippen molar-refractivity contribution in [1.29, 1.82) is 0 Å². The van der Waals surface area contributed by atoms with Crippen molar-refractivity contribution in [2.45, 2.75) is 44.4 Å². The lowest BCUT2D eigenvalue weighted by Gasteiger charge is -2.26. The van der Waals surface area contributed by atoms with Gasteiger partial charge in [0.05, 0.1) is 5.92 Å². The minimum absolute atomic E-state index is 0.0194. The summed E-state index contributed by atoms with van der Waals surface area (Å²) in [4.78, 5) is 22.6. The highest BCUT2D eigenvalue weighted by Gasteiger charge is 2.29. The van der Waals surface area contributed by atoms with Crippen LogP contribution in [0.15, 0.2) is 12.3 Å². The molecular weight excluding hydrogens is 317 g/mol. The van der Waals surface area contributed by atoms with E-state index in [4.69, 9.17) is 5.11 Å². The largest absolute Gasteiger partial charge is 0.481 e. The van der Waals surface area contributed by atoms with Crippen LogP contribution in [0.3, 0.4) is 0 Å². The van der Waals surface area contributed by atoms with Crippen molar-refractivity contribution < 1.29 is 27.9 Å². The van der Waals surface area contributed by atoms with E-state index in [-0.39, 0.29) is 17.8 Å². The van der Waals surface area contributed by atoms with Gasteiger partial charge in [-0.3, -0.25) is 14.8 Å². The Morgan fingerprint density at radius 1 is 1.30 bits per heavy atom. The number of urea groups is 1. The van der Waals surface area contributed by atoms with Crippen molar-refractivity contribution >= 4 is 17.8 Å². The highest BCUT2D eigenvalue weighted by atomic mass is 19.4. The molecule has 2 amide bonds. The Labute approximate surface area is 129 Å². The number of carboxylic acid groups (broad SMARTS) is 1. The molecular formula is C13H17F3N4O3. The molecule has 7 nitrogen and oxygen atoms in total. The molecule has 1 aromatic heterocycles. The minimum atomic E-state index is -4.38. The average molecular weight is 334 g/mol. The van der Waals surface area contributed by atoms with Crippen LogP contribution in [0.1, 0.15) is 25.7 Å². The Morgan fingerprint density at radius 2 is 1.96 bits per heavy atom. The van der Waals surface area contributed by atoms with Crippen LogP contribution >= 0.6 is 0 Å². The third kappa shape index (κ3) is 5.46. The molecule has 1 aromatic rings. The maximum atomic E-state index is 12.2. The van der Waals surface area contributed by atoms with Crippen LogP contribution < -0.4 is 10.6 Å². The number of carbonyl (C=O) groups is 2. The summed E-state index contributed by atoms with van der Waals surface area (Å²) in [5, 5.41) is 17.5. The van der Waals surface area contributed by atoms with E-state index in [0.29, 0.717) is 30.4 Å². The van der Waals surface area contributed by atoms with E-state index in [1.807, 2.05) is 0 Å². The van der Waals surface area contributed by atoms with Gasteiger partial charge in [0.25, 0.3) is 0 Å². The number of hydrogen-bond acceptors (Lipinski definition) is 3. The molecule has 3 N–H and O–H groups in total. The first-order chi connectivity index (χ1) is 10.7. The van der Waals surface area contributed by atoms with E-state index in [9.17, 15) is 22.8 Å². The highest BCUT2D eigenvalue weighted by molar-refractivity contribution is 5.88. The van der Waals surface area contributed by atoms with Crippen molar-refractivity contribution in [2.24, 2.45) is 5.92 Å². The Hall–Kier alpha value is -2.26. The van der Waals surface area contributed by atoms with Gasteiger partial charge in [-0.1, -0.05) is 0 Å². The van der Waals surface area contributed by atoms with Gasteiger partial charge in [0, 0.05) is 18.3 Å². The maximum Gasteiger partial charge on any atom is 0.408 e. The fraction of sp³-hybridized carbons (Fsp3) is 0.615. The van der Waals surface area contributed by atoms with E-state index < -0.39 is 24.7 Å². The first-order valence-corrected chi connectivity index (χ1v) is 7.13. The van der Waals surface area contributed by atoms with Gasteiger partial charge in [0.1, 0.15) is 6.54 Å². The number of hydrogen-bond donors (Lipinski definition) is 3. The lowest BCUT2D eigenvalue weighted by Crippen LogP contribution is -2.41. The van der Waals surface area contributed by atoms with Gasteiger partial charge >= 0.3 is 18.2 Å². The summed E-state index contributed by atoms with van der Waals surface area (Å²) >= 11 is 0. The summed E-state index contributed by atoms with van der Waals surface area (Å²) in [5.41, 5.74) is 0. The van der Waals surface area contributed by atoms with Crippen LogP contribution in [0.2, 0.25) is 0 Å². The molecule has 0 aromatic carbocycles. The van der Waals surface area contributed by atoms with Crippen LogP contribution in [0.5, 0.6) is 0 Å². The average Bonchev–Trinajstić information content (AvgIpc) is 2.84. The van der Waals surface area contributed by atoms with E-state index >= 15 is 0 Å². The molecule has 1 heterocycles. The summed E-state index contributed by atoms with van der Waals surface area (Å²) in [7, 11) is 0. The maximum absolute atomic E-state index is 12.2. The summed E-state index contributed by atoms with van der Waals surface area (Å²) in [6, 6.07) is 0.552. The Kier molecular flexibility index (Phi) is 5.12. The molecule has 0 spiro atoms. The number of aliphatic carboxylic acids is 1. The van der Waals surface area contributed by atoms with Crippen LogP contribution in [-0.2, 0) is 11.3 Å². The van der Waals surface area contributed by atoms with Gasteiger partial charge in [0.2, 0.25) is 0 Å². The topological polar surface area (TPSA) is 96.3 Å². The number of aromatic nitrogens is 2. The van der Waals surface area contributed by atoms with E-state index in [1.54, 1.807) is 0 Å². The van der Waals surface area contributed by atoms with Gasteiger partial charge in [-0.05, 0) is 25.7 Å². The Bertz CT molecular complexity index is 565. The van der Waals surface area contributed by atoms with Gasteiger partial charge in [0.15, 0.2) is 5.82 Å². The number of carbonyl (C=O) groups excluding carboxylic acids is 1. The molecule has 1 fully saturated rings. The smallest absolute Gasteiger partial charge is 0.408 e. The molecule has 0 saturated heterocycles. The molecule has 0 radical (unpaired) electrons. The van der Waals surface area contributed by atoms with Crippen molar-refractivity contribution in [3.8, 4) is 0 Å². The quantitative estimate of drug-likeness (QED) is 0.786. The minimum Gasteiger partial charge on any atom is -0.481 e. The predicted molar refractivity (Wildman–Crippen MR) is 73.8 cm³/mol. The monoisotopic (exact) mass is 334 g/mol. The molecule has 0 bridgehead atoms. The third-order valence-corrected chi connectivity index (χ3v) is 3.64. The molecule has 1 saturated carbocycles. The van der Waals surface area contributed by atoms with E-state index in [2.05, 4.69) is 15.7 Å². The van der Waals surface area contributed by atoms with Crippen LogP contribution in [-0.4, -0.2) is 39.1 Å². The summed E-state index contributed by atoms with van der Waals surface area (Å²) < 4.78 is 37.3. The second-order valence-electron chi connectivity index (χ2n) is 5.50. The number of amides is 2. The zero-order valence-electron chi connectivity index (χ0n) is 12.1. The van der Waals surface area contributed by atoms with Crippen molar-refractivity contribution in [3.05, 3.63) is 12.3 Å². The van der Waals surface area contributed by atoms with E-state index in [1.165, 1.54) is 6.07 Å². The summed E-state index contributed by atoms with van der Waals surface area (Å²) in [5.74, 6) is -1.19. The summed E-state index contributed by atoms with van der Waals surface area (Å²) in [6.07, 6.45) is -1.18. The third-order valence-electron chi connectivity index (χ3n) is 3.64. The van der Waals surface area contributed by atoms with Crippen LogP contribution in [0.4, 0.5) is 23.8 Å². The SMILES string of the molecule is O=C(Nc1ccn(CC(F)(F)F)n1)NC1CCC(C(=O)O)CC1. The fourth-order valence-corrected chi connectivity index (χ4v) is 2.52. The van der Waals surface area contributed by atoms with Gasteiger partial charge in [-0.2, -0.15) is 18.3 Å². The molecule has 0 unspecified atom stereocenters. The van der Waals surface area contributed by atoms with Gasteiger partial charge in [-0.15, -0.1) is 0 Å². The molecule has 23 heavy (non-hydrogen) atoms. The van der Waals surface area contributed by atoms with E-state index in [0.717, 1.165) is 6.20 Å². The van der Waals surface area contributed by atoms with Crippen molar-refractivity contribution in [3.63, 3.8) is 0 Å². The zero-order chi connectivity index (χ0) is 17.0. The van der Waals surface area contributed by atoms with Crippen LogP contribution in [0, 0.1) is 5.92 Å². The normalized spacial score (nSPS) is 21.7. The number of carboxylic acids is 1. The number of anilines is 1. The van der Waals surface area contributed by atoms with Gasteiger partial charge in [-0.25, -0.2) is 4.79 Å². The number of nitrogens with zero attached hydrogens (tertiary/aromatic N) is 2. The fourth-order valence-electron chi connectivity index (χ4n) is 2.52. The van der Waals surface area contributed by atoms with Crippen molar-refractivity contribution in [2.75, 3.05) is 5.32 Å². The number of halogens is 3. The highest BCUT2D eigenvalue weighted by Crippen LogP contribution is 2.24. The van der Waals surface area contributed by atoms with Gasteiger partial charge < -0.3 is 10.4 Å². The molecule has 1 aliphatic carbocycles. The lowest BCUT2D eigenvalue weighted by molar-refractivity contribution is -0.143. The standard InChI is InChI=1S/C13H17F3N4O3/c14-13(15,16)7-20-6-5-10(19-20)18-12(23)17-9-3-1-8(2-4-9)11(21)22/h5-6,8-9H,1-4,7H2,(H,21,22)(H2,17,18,19,23). The Balaban J connectivity index is 1.78. The Morgan fingerprint density at radius 3 is 2.52 bits per heavy atom. The molecule has 1 aliphatic rings. The molecule has 0 aliphatic heterocycles. The number of rotatable bonds is 4.